The number of nitrogens with zero attached hydrogens (tertiary/aromatic N) is 1. The number of anilines is 1. The molecule has 1 amide bonds. The topological polar surface area (TPSA) is 68.2 Å². The third-order valence-electron chi connectivity index (χ3n) is 2.73. The standard InChI is InChI=1S/C14H16N2O3S/c1-20(18,19)10-7-14(17)15-12-5-4-6-13(11-12)16-8-2-3-9-16/h2-6,8-9,11H,7,10H2,1H3,(H,15,17). The van der Waals surface area contributed by atoms with E-state index in [1.807, 2.05) is 47.3 Å². The Morgan fingerprint density at radius 2 is 1.90 bits per heavy atom. The Labute approximate surface area is 118 Å². The first-order valence-electron chi connectivity index (χ1n) is 6.15. The van der Waals surface area contributed by atoms with E-state index in [-0.39, 0.29) is 18.1 Å². The fourth-order valence-corrected chi connectivity index (χ4v) is 2.31. The highest BCUT2D eigenvalue weighted by Gasteiger charge is 2.08. The normalized spacial score (nSPS) is 11.2. The third-order valence-corrected chi connectivity index (χ3v) is 3.68. The van der Waals surface area contributed by atoms with Crippen molar-refractivity contribution >= 4 is 21.4 Å². The Morgan fingerprint density at radius 1 is 1.20 bits per heavy atom. The molecule has 0 spiro atoms. The van der Waals surface area contributed by atoms with Crippen molar-refractivity contribution in [1.82, 2.24) is 4.57 Å². The Kier molecular flexibility index (Phi) is 4.24. The van der Waals surface area contributed by atoms with E-state index < -0.39 is 9.84 Å². The Morgan fingerprint density at radius 3 is 2.55 bits per heavy atom. The van der Waals surface area contributed by atoms with E-state index in [2.05, 4.69) is 5.32 Å². The summed E-state index contributed by atoms with van der Waals surface area (Å²) in [5, 5.41) is 2.70. The summed E-state index contributed by atoms with van der Waals surface area (Å²) in [6, 6.07) is 11.2. The first kappa shape index (κ1) is 14.3. The van der Waals surface area contributed by atoms with Crippen molar-refractivity contribution in [3.8, 4) is 5.69 Å². The average molecular weight is 292 g/mol. The van der Waals surface area contributed by atoms with Gasteiger partial charge in [-0.05, 0) is 30.3 Å². The van der Waals surface area contributed by atoms with Gasteiger partial charge in [-0.15, -0.1) is 0 Å². The molecule has 0 saturated heterocycles. The minimum atomic E-state index is -3.12. The van der Waals surface area contributed by atoms with Gasteiger partial charge in [-0.1, -0.05) is 6.07 Å². The maximum Gasteiger partial charge on any atom is 0.225 e. The molecule has 0 bridgehead atoms. The van der Waals surface area contributed by atoms with Crippen molar-refractivity contribution in [1.29, 1.82) is 0 Å². The molecule has 2 rings (SSSR count). The van der Waals surface area contributed by atoms with Crippen LogP contribution in [-0.2, 0) is 14.6 Å². The molecule has 6 heteroatoms. The van der Waals surface area contributed by atoms with Crippen LogP contribution in [0, 0.1) is 0 Å². The fraction of sp³-hybridized carbons (Fsp3) is 0.214. The molecule has 0 unspecified atom stereocenters. The molecule has 0 atom stereocenters. The van der Waals surface area contributed by atoms with Crippen LogP contribution < -0.4 is 5.32 Å². The van der Waals surface area contributed by atoms with Crippen molar-refractivity contribution in [2.45, 2.75) is 6.42 Å². The van der Waals surface area contributed by atoms with E-state index in [4.69, 9.17) is 0 Å². The summed E-state index contributed by atoms with van der Waals surface area (Å²) in [4.78, 5) is 11.7. The van der Waals surface area contributed by atoms with E-state index in [9.17, 15) is 13.2 Å². The van der Waals surface area contributed by atoms with E-state index in [0.29, 0.717) is 5.69 Å². The molecule has 20 heavy (non-hydrogen) atoms. The van der Waals surface area contributed by atoms with Crippen LogP contribution in [0.1, 0.15) is 6.42 Å². The number of nitrogens with one attached hydrogen (secondary N) is 1. The molecule has 1 aromatic carbocycles. The Balaban J connectivity index is 2.03. The molecule has 106 valence electrons. The molecule has 2 aromatic rings. The molecule has 5 nitrogen and oxygen atoms in total. The highest BCUT2D eigenvalue weighted by Crippen LogP contribution is 2.15. The number of aromatic nitrogens is 1. The van der Waals surface area contributed by atoms with Gasteiger partial charge in [0.15, 0.2) is 0 Å². The van der Waals surface area contributed by atoms with Crippen LogP contribution in [0.25, 0.3) is 5.69 Å². The molecule has 0 aliphatic carbocycles. The largest absolute Gasteiger partial charge is 0.326 e. The molecule has 0 radical (unpaired) electrons. The number of sulfone groups is 1. The third kappa shape index (κ3) is 4.24. The van der Waals surface area contributed by atoms with Gasteiger partial charge >= 0.3 is 0 Å². The average Bonchev–Trinajstić information content (AvgIpc) is 2.90. The lowest BCUT2D eigenvalue weighted by molar-refractivity contribution is -0.115. The second-order valence-electron chi connectivity index (χ2n) is 4.57. The Bertz CT molecular complexity index is 691. The predicted octanol–water partition coefficient (Wildman–Crippen LogP) is 1.85. The zero-order chi connectivity index (χ0) is 14.6. The number of benzene rings is 1. The van der Waals surface area contributed by atoms with Crippen LogP contribution in [0.15, 0.2) is 48.8 Å². The number of rotatable bonds is 5. The highest BCUT2D eigenvalue weighted by atomic mass is 32.2. The molecule has 0 saturated carbocycles. The zero-order valence-electron chi connectivity index (χ0n) is 11.1. The smallest absolute Gasteiger partial charge is 0.225 e. The predicted molar refractivity (Wildman–Crippen MR) is 78.7 cm³/mol. The molecular weight excluding hydrogens is 276 g/mol. The summed E-state index contributed by atoms with van der Waals surface area (Å²) in [5.41, 5.74) is 1.57. The fourth-order valence-electron chi connectivity index (χ4n) is 1.75. The van der Waals surface area contributed by atoms with Gasteiger partial charge in [0.05, 0.1) is 5.75 Å². The molecule has 0 fully saturated rings. The van der Waals surface area contributed by atoms with Crippen molar-refractivity contribution < 1.29 is 13.2 Å². The quantitative estimate of drug-likeness (QED) is 0.914. The molecule has 0 aliphatic heterocycles. The zero-order valence-corrected chi connectivity index (χ0v) is 11.9. The van der Waals surface area contributed by atoms with Crippen LogP contribution in [0.5, 0.6) is 0 Å². The molecular formula is C14H16N2O3S. The first-order chi connectivity index (χ1) is 9.44. The monoisotopic (exact) mass is 292 g/mol. The van der Waals surface area contributed by atoms with E-state index >= 15 is 0 Å². The maximum absolute atomic E-state index is 11.7. The summed E-state index contributed by atoms with van der Waals surface area (Å²) >= 11 is 0. The Hall–Kier alpha value is -2.08. The number of carbonyl (C=O) groups is 1. The van der Waals surface area contributed by atoms with Crippen molar-refractivity contribution in [2.75, 3.05) is 17.3 Å². The minimum Gasteiger partial charge on any atom is -0.326 e. The molecule has 1 N–H and O–H groups in total. The second kappa shape index (κ2) is 5.92. The van der Waals surface area contributed by atoms with Gasteiger partial charge in [-0.3, -0.25) is 4.79 Å². The van der Waals surface area contributed by atoms with Gasteiger partial charge in [0.1, 0.15) is 9.84 Å². The number of carbonyl (C=O) groups excluding carboxylic acids is 1. The van der Waals surface area contributed by atoms with E-state index in [1.54, 1.807) is 6.07 Å². The lowest BCUT2D eigenvalue weighted by atomic mass is 10.2. The SMILES string of the molecule is CS(=O)(=O)CCC(=O)Nc1cccc(-n2cccc2)c1. The van der Waals surface area contributed by atoms with Gasteiger partial charge in [0, 0.05) is 36.4 Å². The highest BCUT2D eigenvalue weighted by molar-refractivity contribution is 7.90. The molecule has 0 aliphatic rings. The molecule has 1 heterocycles. The van der Waals surface area contributed by atoms with Crippen LogP contribution in [0.2, 0.25) is 0 Å². The summed E-state index contributed by atoms with van der Waals surface area (Å²) in [5.74, 6) is -0.448. The van der Waals surface area contributed by atoms with E-state index in [1.165, 1.54) is 0 Å². The van der Waals surface area contributed by atoms with Gasteiger partial charge in [-0.25, -0.2) is 8.42 Å². The van der Waals surface area contributed by atoms with Gasteiger partial charge in [0.2, 0.25) is 5.91 Å². The second-order valence-corrected chi connectivity index (χ2v) is 6.83. The van der Waals surface area contributed by atoms with Crippen LogP contribution in [-0.4, -0.2) is 30.9 Å². The maximum atomic E-state index is 11.7. The number of amides is 1. The minimum absolute atomic E-state index is 0.0351. The van der Waals surface area contributed by atoms with Gasteiger partial charge in [-0.2, -0.15) is 0 Å². The first-order valence-corrected chi connectivity index (χ1v) is 8.21. The number of hydrogen-bond acceptors (Lipinski definition) is 3. The summed E-state index contributed by atoms with van der Waals surface area (Å²) < 4.78 is 24.0. The lowest BCUT2D eigenvalue weighted by Gasteiger charge is -2.08. The van der Waals surface area contributed by atoms with Crippen molar-refractivity contribution in [2.24, 2.45) is 0 Å². The lowest BCUT2D eigenvalue weighted by Crippen LogP contribution is -2.16. The van der Waals surface area contributed by atoms with Gasteiger partial charge < -0.3 is 9.88 Å². The summed E-state index contributed by atoms with van der Waals surface area (Å²) in [7, 11) is -3.12. The van der Waals surface area contributed by atoms with E-state index in [0.717, 1.165) is 11.9 Å². The summed E-state index contributed by atoms with van der Waals surface area (Å²) in [6.45, 7) is 0. The van der Waals surface area contributed by atoms with Crippen molar-refractivity contribution in [3.05, 3.63) is 48.8 Å². The van der Waals surface area contributed by atoms with Crippen LogP contribution in [0.4, 0.5) is 5.69 Å². The van der Waals surface area contributed by atoms with Crippen LogP contribution in [0.3, 0.4) is 0 Å². The molecule has 1 aromatic heterocycles. The van der Waals surface area contributed by atoms with Crippen molar-refractivity contribution in [3.63, 3.8) is 0 Å². The van der Waals surface area contributed by atoms with Gasteiger partial charge in [0.25, 0.3) is 0 Å². The van der Waals surface area contributed by atoms with Crippen LogP contribution >= 0.6 is 0 Å². The summed E-state index contributed by atoms with van der Waals surface area (Å²) in [6.07, 6.45) is 4.90. The number of hydrogen-bond donors (Lipinski definition) is 1.